The maximum Gasteiger partial charge on any atom is 0.248 e. The average Bonchev–Trinajstić information content (AvgIpc) is 3.24. The van der Waals surface area contributed by atoms with Crippen LogP contribution in [0.25, 0.3) is 0 Å². The Balaban J connectivity index is 1.91. The van der Waals surface area contributed by atoms with Gasteiger partial charge in [0.1, 0.15) is 36.2 Å². The standard InChI is InChI=1S/C42H54ClN7O9S2/c1-26(52)34(24-51)49-42(59)36(6-4-5-21-45-2)50(31-16-12-29(13-17-31)39(44)56)38(55)23-46-40(57)33(22-28-9-18-32(53)19-10-28)48-41(58)35(25-61-60-3)47-37(54)20-11-27-7-14-30(43)15-8-27/h7-10,12-19,24,26,33-36,45,52-53H,4-6,11,20-23,25H2,1-3H3,(H2,44,56)(H,46,57)(H,47,54)(H,48,58)(H,49,59)/t26?,33-,34?,35+,36-/m0/s1. The number of hydrogen-bond donors (Lipinski definition) is 8. The van der Waals surface area contributed by atoms with Gasteiger partial charge < -0.3 is 47.3 Å². The molecule has 0 aliphatic heterocycles. The quantitative estimate of drug-likeness (QED) is 0.0329. The van der Waals surface area contributed by atoms with Crippen molar-refractivity contribution in [1.82, 2.24) is 26.6 Å². The van der Waals surface area contributed by atoms with Crippen molar-refractivity contribution < 1.29 is 43.8 Å². The van der Waals surface area contributed by atoms with Gasteiger partial charge in [-0.2, -0.15) is 0 Å². The Morgan fingerprint density at radius 1 is 0.852 bits per heavy atom. The molecular formula is C42H54ClN7O9S2. The number of unbranched alkanes of at least 4 members (excludes halogenated alkanes) is 1. The van der Waals surface area contributed by atoms with Crippen LogP contribution in [0.4, 0.5) is 5.69 Å². The van der Waals surface area contributed by atoms with E-state index in [1.165, 1.54) is 64.9 Å². The van der Waals surface area contributed by atoms with Crippen LogP contribution in [0, 0.1) is 0 Å². The molecule has 3 aromatic carbocycles. The number of benzene rings is 3. The molecule has 9 N–H and O–H groups in total. The molecule has 3 aromatic rings. The fraction of sp³-hybridized carbons (Fsp3) is 0.405. The predicted molar refractivity (Wildman–Crippen MR) is 238 cm³/mol. The van der Waals surface area contributed by atoms with E-state index in [1.54, 1.807) is 43.4 Å². The maximum absolute atomic E-state index is 14.3. The van der Waals surface area contributed by atoms with Crippen LogP contribution in [0.2, 0.25) is 5.02 Å². The van der Waals surface area contributed by atoms with E-state index in [0.29, 0.717) is 42.7 Å². The number of aliphatic hydroxyl groups is 1. The number of rotatable bonds is 26. The number of halogens is 1. The molecule has 0 aliphatic carbocycles. The molecule has 19 heteroatoms. The normalized spacial score (nSPS) is 13.4. The zero-order chi connectivity index (χ0) is 44.9. The van der Waals surface area contributed by atoms with Crippen LogP contribution >= 0.6 is 33.2 Å². The molecule has 0 heterocycles. The van der Waals surface area contributed by atoms with Gasteiger partial charge in [-0.25, -0.2) is 0 Å². The second-order valence-electron chi connectivity index (χ2n) is 14.0. The van der Waals surface area contributed by atoms with Gasteiger partial charge >= 0.3 is 0 Å². The summed E-state index contributed by atoms with van der Waals surface area (Å²) < 4.78 is 0. The molecule has 0 bridgehead atoms. The third-order valence-corrected chi connectivity index (χ3v) is 11.5. The van der Waals surface area contributed by atoms with Gasteiger partial charge in [-0.3, -0.25) is 33.7 Å². The van der Waals surface area contributed by atoms with E-state index in [2.05, 4.69) is 26.6 Å². The number of anilines is 1. The molecule has 61 heavy (non-hydrogen) atoms. The Bertz CT molecular complexity index is 1920. The van der Waals surface area contributed by atoms with Crippen molar-refractivity contribution in [1.29, 1.82) is 0 Å². The Morgan fingerprint density at radius 2 is 1.51 bits per heavy atom. The Labute approximate surface area is 368 Å². The number of phenolic OH excluding ortho intramolecular Hbond substituents is 1. The predicted octanol–water partition coefficient (Wildman–Crippen LogP) is 2.27. The van der Waals surface area contributed by atoms with Gasteiger partial charge in [0.25, 0.3) is 0 Å². The largest absolute Gasteiger partial charge is 0.508 e. The van der Waals surface area contributed by atoms with Crippen LogP contribution < -0.4 is 37.2 Å². The summed E-state index contributed by atoms with van der Waals surface area (Å²) in [6.07, 6.45) is 2.54. The van der Waals surface area contributed by atoms with E-state index in [4.69, 9.17) is 17.3 Å². The smallest absolute Gasteiger partial charge is 0.248 e. The van der Waals surface area contributed by atoms with Crippen LogP contribution in [0.1, 0.15) is 54.1 Å². The average molecular weight is 901 g/mol. The number of carbonyl (C=O) groups excluding carboxylic acids is 7. The van der Waals surface area contributed by atoms with Gasteiger partial charge in [0, 0.05) is 34.9 Å². The molecule has 0 radical (unpaired) electrons. The highest BCUT2D eigenvalue weighted by Gasteiger charge is 2.34. The summed E-state index contributed by atoms with van der Waals surface area (Å²) >= 11 is 5.98. The molecule has 0 saturated carbocycles. The zero-order valence-electron chi connectivity index (χ0n) is 34.2. The first kappa shape index (κ1) is 50.2. The van der Waals surface area contributed by atoms with E-state index >= 15 is 0 Å². The fourth-order valence-electron chi connectivity index (χ4n) is 6.04. The monoisotopic (exact) mass is 899 g/mol. The third-order valence-electron chi connectivity index (χ3n) is 9.42. The molecular weight excluding hydrogens is 846 g/mol. The second-order valence-corrected chi connectivity index (χ2v) is 17.1. The molecule has 16 nitrogen and oxygen atoms in total. The van der Waals surface area contributed by atoms with Crippen molar-refractivity contribution in [2.45, 2.75) is 75.7 Å². The van der Waals surface area contributed by atoms with Crippen LogP contribution in [0.15, 0.2) is 72.8 Å². The number of aldehydes is 1. The summed E-state index contributed by atoms with van der Waals surface area (Å²) in [5.41, 5.74) is 7.20. The molecule has 0 fully saturated rings. The minimum absolute atomic E-state index is 0.0174. The minimum Gasteiger partial charge on any atom is -0.508 e. The topological polar surface area (TPSA) is 249 Å². The summed E-state index contributed by atoms with van der Waals surface area (Å²) in [6, 6.07) is 13.8. The Hall–Kier alpha value is -5.14. The van der Waals surface area contributed by atoms with Crippen molar-refractivity contribution in [2.24, 2.45) is 5.73 Å². The number of nitrogens with zero attached hydrogens (tertiary/aromatic N) is 1. The number of aryl methyl sites for hydroxylation is 1. The Kier molecular flexibility index (Phi) is 21.6. The summed E-state index contributed by atoms with van der Waals surface area (Å²) in [4.78, 5) is 93.9. The summed E-state index contributed by atoms with van der Waals surface area (Å²) in [5.74, 6) is -3.88. The lowest BCUT2D eigenvalue weighted by molar-refractivity contribution is -0.132. The number of primary amides is 1. The van der Waals surface area contributed by atoms with Crippen molar-refractivity contribution in [2.75, 3.05) is 37.0 Å². The lowest BCUT2D eigenvalue weighted by Crippen LogP contribution is -2.58. The molecule has 0 spiro atoms. The number of nitrogens with two attached hydrogens (primary N) is 1. The highest BCUT2D eigenvalue weighted by atomic mass is 35.5. The molecule has 330 valence electrons. The number of amides is 6. The lowest BCUT2D eigenvalue weighted by atomic mass is 10.0. The van der Waals surface area contributed by atoms with Crippen molar-refractivity contribution >= 4 is 80.6 Å². The SMILES string of the molecule is CNCCCC[C@@H](C(=O)NC(C=O)C(C)O)N(C(=O)CNC(=O)[C@H](Cc1ccc(O)cc1)NC(=O)[C@@H](CSSC)NC(=O)CCc1ccc(Cl)cc1)c1ccc(C(N)=O)cc1. The van der Waals surface area contributed by atoms with Gasteiger partial charge in [0.15, 0.2) is 0 Å². The van der Waals surface area contributed by atoms with E-state index in [-0.39, 0.29) is 47.9 Å². The molecule has 0 aromatic heterocycles. The number of aliphatic hydroxyl groups excluding tert-OH is 1. The summed E-state index contributed by atoms with van der Waals surface area (Å²) in [7, 11) is 4.49. The first-order valence-electron chi connectivity index (χ1n) is 19.5. The molecule has 0 aliphatic rings. The number of carbonyl (C=O) groups is 7. The number of aromatic hydroxyl groups is 1. The summed E-state index contributed by atoms with van der Waals surface area (Å²) in [6.45, 7) is 1.27. The van der Waals surface area contributed by atoms with Crippen molar-refractivity contribution in [3.63, 3.8) is 0 Å². The third kappa shape index (κ3) is 17.0. The second kappa shape index (κ2) is 26.3. The number of hydrogen-bond acceptors (Lipinski definition) is 12. The summed E-state index contributed by atoms with van der Waals surface area (Å²) in [5, 5.41) is 34.2. The van der Waals surface area contributed by atoms with Gasteiger partial charge in [-0.1, -0.05) is 57.5 Å². The number of phenols is 1. The molecule has 0 saturated heterocycles. The van der Waals surface area contributed by atoms with Crippen LogP contribution in [0.5, 0.6) is 5.75 Å². The molecule has 2 unspecified atom stereocenters. The van der Waals surface area contributed by atoms with Gasteiger partial charge in [0.05, 0.1) is 12.6 Å². The van der Waals surface area contributed by atoms with Crippen molar-refractivity contribution in [3.8, 4) is 5.75 Å². The van der Waals surface area contributed by atoms with Crippen LogP contribution in [-0.4, -0.2) is 114 Å². The van der Waals surface area contributed by atoms with Gasteiger partial charge in [-0.05, 0) is 112 Å². The van der Waals surface area contributed by atoms with E-state index in [1.807, 2.05) is 6.26 Å². The first-order valence-corrected chi connectivity index (χ1v) is 22.6. The van der Waals surface area contributed by atoms with Crippen LogP contribution in [-0.2, 0) is 41.6 Å². The maximum atomic E-state index is 14.3. The molecule has 6 amide bonds. The van der Waals surface area contributed by atoms with E-state index < -0.39 is 66.4 Å². The number of nitrogens with one attached hydrogen (secondary N) is 5. The Morgan fingerprint density at radius 3 is 2.10 bits per heavy atom. The first-order chi connectivity index (χ1) is 29.2. The highest BCUT2D eigenvalue weighted by Crippen LogP contribution is 2.23. The molecule has 5 atom stereocenters. The highest BCUT2D eigenvalue weighted by molar-refractivity contribution is 8.76. The fourth-order valence-corrected chi connectivity index (χ4v) is 7.49. The zero-order valence-corrected chi connectivity index (χ0v) is 36.6. The van der Waals surface area contributed by atoms with Crippen molar-refractivity contribution in [3.05, 3.63) is 94.5 Å². The van der Waals surface area contributed by atoms with E-state index in [0.717, 1.165) is 10.5 Å². The van der Waals surface area contributed by atoms with Crippen LogP contribution in [0.3, 0.4) is 0 Å². The lowest BCUT2D eigenvalue weighted by Gasteiger charge is -2.32. The van der Waals surface area contributed by atoms with E-state index in [9.17, 15) is 43.8 Å². The van der Waals surface area contributed by atoms with Gasteiger partial charge in [0.2, 0.25) is 35.4 Å². The molecule has 3 rings (SSSR count). The van der Waals surface area contributed by atoms with Gasteiger partial charge in [-0.15, -0.1) is 0 Å². The minimum atomic E-state index is -1.28.